The summed E-state index contributed by atoms with van der Waals surface area (Å²) in [6.07, 6.45) is 0. The normalized spacial score (nSPS) is 10.6. The smallest absolute Gasteiger partial charge is 0.234 e. The third-order valence-corrected chi connectivity index (χ3v) is 5.54. The number of methoxy groups -OCH3 is 1. The molecule has 1 aromatic heterocycles. The Balaban J connectivity index is 1.58. The molecule has 0 aliphatic rings. The number of halogens is 1. The van der Waals surface area contributed by atoms with E-state index in [4.69, 9.17) is 9.72 Å². The number of ether oxygens (including phenoxy) is 1. The second-order valence-corrected chi connectivity index (χ2v) is 7.67. The quantitative estimate of drug-likeness (QED) is 0.371. The highest BCUT2D eigenvalue weighted by molar-refractivity contribution is 8.00. The van der Waals surface area contributed by atoms with Gasteiger partial charge >= 0.3 is 0 Å². The average molecular weight is 434 g/mol. The number of carbonyl (C=O) groups excluding carboxylic acids is 1. The summed E-state index contributed by atoms with van der Waals surface area (Å²) in [5.74, 6) is 1.16. The predicted molar refractivity (Wildman–Crippen MR) is 122 cm³/mol. The van der Waals surface area contributed by atoms with Crippen LogP contribution in [0.1, 0.15) is 0 Å². The lowest BCUT2D eigenvalue weighted by Gasteiger charge is -2.05. The molecule has 0 bridgehead atoms. The Hall–Kier alpha value is -3.58. The number of aromatic nitrogens is 2. The summed E-state index contributed by atoms with van der Waals surface area (Å²) in [4.78, 5) is 20.4. The van der Waals surface area contributed by atoms with E-state index in [1.54, 1.807) is 19.2 Å². The third kappa shape index (κ3) is 5.13. The van der Waals surface area contributed by atoms with Crippen molar-refractivity contribution in [3.05, 3.63) is 84.7 Å². The van der Waals surface area contributed by atoms with Crippen molar-refractivity contribution in [2.24, 2.45) is 0 Å². The van der Waals surface area contributed by atoms with Gasteiger partial charge in [-0.25, -0.2) is 9.37 Å². The first kappa shape index (κ1) is 20.7. The highest BCUT2D eigenvalue weighted by atomic mass is 32.2. The lowest BCUT2D eigenvalue weighted by Crippen LogP contribution is -2.13. The number of para-hydroxylation sites is 1. The summed E-state index contributed by atoms with van der Waals surface area (Å²) in [7, 11) is 1.61. The van der Waals surface area contributed by atoms with Crippen LogP contribution in [0.25, 0.3) is 22.6 Å². The maximum atomic E-state index is 13.4. The van der Waals surface area contributed by atoms with Gasteiger partial charge in [0.1, 0.15) is 22.4 Å². The molecule has 0 aliphatic carbocycles. The number of rotatable bonds is 7. The largest absolute Gasteiger partial charge is 0.497 e. The molecule has 156 valence electrons. The van der Waals surface area contributed by atoms with E-state index in [0.29, 0.717) is 10.9 Å². The van der Waals surface area contributed by atoms with Gasteiger partial charge < -0.3 is 15.0 Å². The monoisotopic (exact) mass is 433 g/mol. The van der Waals surface area contributed by atoms with Crippen LogP contribution < -0.4 is 10.1 Å². The minimum Gasteiger partial charge on any atom is -0.497 e. The van der Waals surface area contributed by atoms with Gasteiger partial charge in [-0.15, -0.1) is 0 Å². The summed E-state index contributed by atoms with van der Waals surface area (Å²) in [6.45, 7) is 0. The van der Waals surface area contributed by atoms with Gasteiger partial charge in [0.25, 0.3) is 0 Å². The SMILES string of the molecule is COc1ccc(-c2nc(SCC(=O)Nc3ccccc3)c(-c3ccc(F)cc3)[nH]2)cc1. The minimum absolute atomic E-state index is 0.129. The summed E-state index contributed by atoms with van der Waals surface area (Å²) in [6, 6.07) is 23.0. The van der Waals surface area contributed by atoms with Gasteiger partial charge in [-0.3, -0.25) is 4.79 Å². The van der Waals surface area contributed by atoms with Crippen molar-refractivity contribution in [3.63, 3.8) is 0 Å². The van der Waals surface area contributed by atoms with Crippen molar-refractivity contribution in [1.29, 1.82) is 0 Å². The molecule has 1 amide bonds. The molecule has 5 nitrogen and oxygen atoms in total. The van der Waals surface area contributed by atoms with Gasteiger partial charge in [-0.1, -0.05) is 30.0 Å². The number of H-pyrrole nitrogens is 1. The Morgan fingerprint density at radius 3 is 2.35 bits per heavy atom. The Morgan fingerprint density at radius 1 is 1.00 bits per heavy atom. The molecule has 0 saturated carbocycles. The van der Waals surface area contributed by atoms with Crippen LogP contribution >= 0.6 is 11.8 Å². The Labute approximate surface area is 183 Å². The summed E-state index contributed by atoms with van der Waals surface area (Å²) in [5, 5.41) is 3.54. The second kappa shape index (κ2) is 9.49. The van der Waals surface area contributed by atoms with E-state index in [1.807, 2.05) is 54.6 Å². The van der Waals surface area contributed by atoms with Crippen LogP contribution in [-0.4, -0.2) is 28.7 Å². The zero-order valence-electron chi connectivity index (χ0n) is 16.8. The molecular formula is C24H20FN3O2S. The highest BCUT2D eigenvalue weighted by Crippen LogP contribution is 2.33. The first-order valence-electron chi connectivity index (χ1n) is 9.60. The zero-order chi connectivity index (χ0) is 21.6. The zero-order valence-corrected chi connectivity index (χ0v) is 17.6. The molecule has 0 spiro atoms. The molecule has 0 atom stereocenters. The first-order valence-corrected chi connectivity index (χ1v) is 10.6. The molecule has 3 aromatic carbocycles. The lowest BCUT2D eigenvalue weighted by atomic mass is 10.2. The van der Waals surface area contributed by atoms with E-state index in [1.165, 1.54) is 23.9 Å². The number of nitrogens with zero attached hydrogens (tertiary/aromatic N) is 1. The Kier molecular flexibility index (Phi) is 6.33. The van der Waals surface area contributed by atoms with Crippen molar-refractivity contribution < 1.29 is 13.9 Å². The molecule has 0 fully saturated rings. The number of aromatic amines is 1. The molecule has 0 aliphatic heterocycles. The van der Waals surface area contributed by atoms with Crippen LogP contribution in [0.4, 0.5) is 10.1 Å². The first-order chi connectivity index (χ1) is 15.1. The van der Waals surface area contributed by atoms with E-state index >= 15 is 0 Å². The van der Waals surface area contributed by atoms with Gasteiger partial charge in [0.05, 0.1) is 18.6 Å². The fourth-order valence-corrected chi connectivity index (χ4v) is 3.82. The maximum absolute atomic E-state index is 13.4. The van der Waals surface area contributed by atoms with Gasteiger partial charge in [0.2, 0.25) is 5.91 Å². The number of carbonyl (C=O) groups is 1. The lowest BCUT2D eigenvalue weighted by molar-refractivity contribution is -0.113. The van der Waals surface area contributed by atoms with E-state index in [9.17, 15) is 9.18 Å². The molecule has 4 aromatic rings. The summed E-state index contributed by atoms with van der Waals surface area (Å²) < 4.78 is 18.6. The van der Waals surface area contributed by atoms with Crippen LogP contribution in [0.2, 0.25) is 0 Å². The molecular weight excluding hydrogens is 413 g/mol. The van der Waals surface area contributed by atoms with Crippen LogP contribution in [0.15, 0.2) is 83.9 Å². The van der Waals surface area contributed by atoms with Crippen molar-refractivity contribution in [2.75, 3.05) is 18.2 Å². The van der Waals surface area contributed by atoms with Crippen LogP contribution in [0.5, 0.6) is 5.75 Å². The predicted octanol–water partition coefficient (Wildman–Crippen LogP) is 5.62. The van der Waals surface area contributed by atoms with Crippen LogP contribution in [-0.2, 0) is 4.79 Å². The van der Waals surface area contributed by atoms with E-state index in [2.05, 4.69) is 10.3 Å². The van der Waals surface area contributed by atoms with Crippen LogP contribution in [0.3, 0.4) is 0 Å². The van der Waals surface area contributed by atoms with Gasteiger partial charge in [0.15, 0.2) is 0 Å². The average Bonchev–Trinajstić information content (AvgIpc) is 3.23. The number of hydrogen-bond acceptors (Lipinski definition) is 4. The van der Waals surface area contributed by atoms with Gasteiger partial charge in [-0.05, 0) is 60.7 Å². The number of thioether (sulfide) groups is 1. The number of nitrogens with one attached hydrogen (secondary N) is 2. The third-order valence-electron chi connectivity index (χ3n) is 4.56. The fourth-order valence-electron chi connectivity index (χ4n) is 3.01. The second-order valence-electron chi connectivity index (χ2n) is 6.70. The molecule has 4 rings (SSSR count). The molecule has 31 heavy (non-hydrogen) atoms. The molecule has 2 N–H and O–H groups in total. The Bertz CT molecular complexity index is 1160. The Morgan fingerprint density at radius 2 is 1.68 bits per heavy atom. The summed E-state index contributed by atoms with van der Waals surface area (Å²) in [5.41, 5.74) is 3.15. The van der Waals surface area contributed by atoms with Crippen molar-refractivity contribution in [1.82, 2.24) is 9.97 Å². The topological polar surface area (TPSA) is 67.0 Å². The molecule has 0 unspecified atom stereocenters. The summed E-state index contributed by atoms with van der Waals surface area (Å²) >= 11 is 1.32. The van der Waals surface area contributed by atoms with E-state index in [-0.39, 0.29) is 17.5 Å². The number of benzene rings is 3. The standard InChI is InChI=1S/C24H20FN3O2S/c1-30-20-13-9-17(10-14-20)23-27-22(16-7-11-18(25)12-8-16)24(28-23)31-15-21(29)26-19-5-3-2-4-6-19/h2-14H,15H2,1H3,(H,26,29)(H,27,28). The molecule has 1 heterocycles. The van der Waals surface area contributed by atoms with E-state index in [0.717, 1.165) is 28.3 Å². The van der Waals surface area contributed by atoms with E-state index < -0.39 is 0 Å². The van der Waals surface area contributed by atoms with Crippen molar-refractivity contribution in [2.45, 2.75) is 5.03 Å². The minimum atomic E-state index is -0.310. The number of amides is 1. The van der Waals surface area contributed by atoms with Gasteiger partial charge in [0, 0.05) is 16.8 Å². The number of imidazole rings is 1. The van der Waals surface area contributed by atoms with Crippen LogP contribution in [0, 0.1) is 5.82 Å². The fraction of sp³-hybridized carbons (Fsp3) is 0.0833. The van der Waals surface area contributed by atoms with Crippen molar-refractivity contribution >= 4 is 23.4 Å². The molecule has 7 heteroatoms. The number of hydrogen-bond donors (Lipinski definition) is 2. The maximum Gasteiger partial charge on any atom is 0.234 e. The highest BCUT2D eigenvalue weighted by Gasteiger charge is 2.16. The molecule has 0 radical (unpaired) electrons. The molecule has 0 saturated heterocycles. The van der Waals surface area contributed by atoms with Crippen molar-refractivity contribution in [3.8, 4) is 28.4 Å². The van der Waals surface area contributed by atoms with Gasteiger partial charge in [-0.2, -0.15) is 0 Å². The number of anilines is 1.